The molecule has 2 rings (SSSR count). The van der Waals surface area contributed by atoms with E-state index in [1.54, 1.807) is 43.0 Å². The number of nitrogens with zero attached hydrogens (tertiary/aromatic N) is 2. The molecule has 9 heteroatoms. The maximum atomic E-state index is 12.7. The summed E-state index contributed by atoms with van der Waals surface area (Å²) in [7, 11) is -2.14. The maximum absolute atomic E-state index is 12.7. The van der Waals surface area contributed by atoms with Crippen LogP contribution in [0, 0.1) is 80.0 Å². The van der Waals surface area contributed by atoms with Crippen LogP contribution in [-0.2, 0) is 13.8 Å². The number of carbonyl (C=O) groups excluding carboxylic acids is 1. The zero-order chi connectivity index (χ0) is 31.5. The first-order valence-corrected chi connectivity index (χ1v) is 15.8. The predicted molar refractivity (Wildman–Crippen MR) is 170 cm³/mol. The number of ether oxygens (including phenoxy) is 1. The van der Waals surface area contributed by atoms with Gasteiger partial charge in [-0.25, -0.2) is 0 Å². The zero-order valence-electron chi connectivity index (χ0n) is 24.5. The molecular formula is C33H33N2O5PS. The minimum Gasteiger partial charge on any atom is -0.384 e. The van der Waals surface area contributed by atoms with Crippen molar-refractivity contribution in [3.05, 3.63) is 53.1 Å². The Labute approximate surface area is 253 Å². The van der Waals surface area contributed by atoms with Crippen molar-refractivity contribution in [1.29, 1.82) is 0 Å². The van der Waals surface area contributed by atoms with Crippen molar-refractivity contribution in [2.24, 2.45) is 16.1 Å². The summed E-state index contributed by atoms with van der Waals surface area (Å²) in [6.07, 6.45) is 11.2. The van der Waals surface area contributed by atoms with Gasteiger partial charge in [-0.1, -0.05) is 0 Å². The molecule has 0 heterocycles. The first kappa shape index (κ1) is 36.0. The number of thioether (sulfide) groups is 1. The van der Waals surface area contributed by atoms with Gasteiger partial charge in [-0.2, -0.15) is 10.2 Å². The molecule has 0 amide bonds. The van der Waals surface area contributed by atoms with Crippen molar-refractivity contribution in [2.45, 2.75) is 38.2 Å². The Hall–Kier alpha value is -4.03. The highest BCUT2D eigenvalue weighted by molar-refractivity contribution is 7.98. The van der Waals surface area contributed by atoms with Gasteiger partial charge in [0.2, 0.25) is 0 Å². The third kappa shape index (κ3) is 14.0. The van der Waals surface area contributed by atoms with Gasteiger partial charge in [0.05, 0.1) is 24.1 Å². The minimum absolute atomic E-state index is 0.103. The van der Waals surface area contributed by atoms with E-state index in [1.165, 1.54) is 12.0 Å². The van der Waals surface area contributed by atoms with Gasteiger partial charge in [0, 0.05) is 36.6 Å². The second-order valence-electron chi connectivity index (χ2n) is 8.85. The molecule has 3 atom stereocenters. The van der Waals surface area contributed by atoms with E-state index in [0.29, 0.717) is 11.3 Å². The standard InChI is InChI=1S/C23H31N2O5PS.C10H2/c1-15-11-21(32-6)12-16(2)23(15)25-24-20-9-7-18(8-10-20)22(26)13-19(14-29-4)17(3)30-31(5,27)28;1-3-5-7-9-10-8-6-4-2/h7-12,17,19H,13-14H2,1-6H3,(H,27,28);1-2H/t17-,19-;/m0./s1. The lowest BCUT2D eigenvalue weighted by molar-refractivity contribution is 0.0563. The highest BCUT2D eigenvalue weighted by Crippen LogP contribution is 2.40. The molecule has 2 aromatic carbocycles. The van der Waals surface area contributed by atoms with E-state index in [9.17, 15) is 14.3 Å². The maximum Gasteiger partial charge on any atom is 0.325 e. The summed E-state index contributed by atoms with van der Waals surface area (Å²) in [5.74, 6) is 17.9. The first-order chi connectivity index (χ1) is 19.9. The number of methoxy groups -OCH3 is 1. The molecule has 1 unspecified atom stereocenters. The largest absolute Gasteiger partial charge is 0.384 e. The number of terminal acetylenes is 2. The van der Waals surface area contributed by atoms with Gasteiger partial charge < -0.3 is 14.2 Å². The van der Waals surface area contributed by atoms with Crippen LogP contribution in [0.2, 0.25) is 0 Å². The summed E-state index contributed by atoms with van der Waals surface area (Å²) in [6.45, 7) is 7.06. The average Bonchev–Trinajstić information content (AvgIpc) is 2.94. The Bertz CT molecular complexity index is 1520. The van der Waals surface area contributed by atoms with E-state index < -0.39 is 13.7 Å². The summed E-state index contributed by atoms with van der Waals surface area (Å²) in [5.41, 5.74) is 4.13. The molecular weight excluding hydrogens is 567 g/mol. The number of benzene rings is 2. The van der Waals surface area contributed by atoms with E-state index in [1.807, 2.05) is 20.1 Å². The smallest absolute Gasteiger partial charge is 0.325 e. The molecule has 1 N–H and O–H groups in total. The van der Waals surface area contributed by atoms with Crippen LogP contribution in [0.3, 0.4) is 0 Å². The SMILES string of the molecule is C#CC#CC#CC#CC#C.COC[C@H](CC(=O)c1ccc(N=Nc2c(C)cc(SC)cc2C)cc1)[C@H](C)OP(C)(=O)O. The molecule has 7 nitrogen and oxygen atoms in total. The molecule has 216 valence electrons. The van der Waals surface area contributed by atoms with Gasteiger partial charge in [0.15, 0.2) is 5.78 Å². The topological polar surface area (TPSA) is 97.5 Å². The molecule has 0 aliphatic carbocycles. The lowest BCUT2D eigenvalue weighted by Gasteiger charge is -2.24. The molecule has 0 saturated heterocycles. The fraction of sp³-hybridized carbons (Fsp3) is 0.303. The van der Waals surface area contributed by atoms with Gasteiger partial charge >= 0.3 is 7.60 Å². The van der Waals surface area contributed by atoms with Crippen molar-refractivity contribution in [3.8, 4) is 60.2 Å². The highest BCUT2D eigenvalue weighted by atomic mass is 32.2. The fourth-order valence-electron chi connectivity index (χ4n) is 3.54. The first-order valence-electron chi connectivity index (χ1n) is 12.5. The summed E-state index contributed by atoms with van der Waals surface area (Å²) in [4.78, 5) is 23.4. The van der Waals surface area contributed by atoms with E-state index >= 15 is 0 Å². The number of Topliss-reactive ketones (excluding diaryl/α,β-unsaturated/α-hetero) is 1. The van der Waals surface area contributed by atoms with Crippen LogP contribution in [0.4, 0.5) is 11.4 Å². The molecule has 0 aliphatic heterocycles. The van der Waals surface area contributed by atoms with Crippen LogP contribution in [0.25, 0.3) is 0 Å². The molecule has 0 aliphatic rings. The molecule has 2 aromatic rings. The summed E-state index contributed by atoms with van der Waals surface area (Å²) in [6, 6.07) is 11.1. The second kappa shape index (κ2) is 19.2. The van der Waals surface area contributed by atoms with Crippen LogP contribution >= 0.6 is 19.4 Å². The van der Waals surface area contributed by atoms with E-state index in [4.69, 9.17) is 22.1 Å². The minimum atomic E-state index is -3.66. The molecule has 0 fully saturated rings. The van der Waals surface area contributed by atoms with E-state index in [-0.39, 0.29) is 24.7 Å². The summed E-state index contributed by atoms with van der Waals surface area (Å²) < 4.78 is 21.9. The van der Waals surface area contributed by atoms with E-state index in [0.717, 1.165) is 23.5 Å². The number of azo groups is 1. The normalized spacial score (nSPS) is 12.6. The van der Waals surface area contributed by atoms with Crippen molar-refractivity contribution in [3.63, 3.8) is 0 Å². The van der Waals surface area contributed by atoms with Crippen LogP contribution < -0.4 is 0 Å². The van der Waals surface area contributed by atoms with E-state index in [2.05, 4.69) is 69.7 Å². The number of rotatable bonds is 11. The van der Waals surface area contributed by atoms with Gasteiger partial charge in [0.1, 0.15) is 0 Å². The number of carbonyl (C=O) groups is 1. The Kier molecular flexibility index (Phi) is 16.4. The third-order valence-corrected chi connectivity index (χ3v) is 6.90. The molecule has 0 saturated carbocycles. The lowest BCUT2D eigenvalue weighted by Crippen LogP contribution is -2.26. The van der Waals surface area contributed by atoms with Crippen LogP contribution in [0.5, 0.6) is 0 Å². The van der Waals surface area contributed by atoms with Gasteiger partial charge in [0.25, 0.3) is 0 Å². The third-order valence-electron chi connectivity index (χ3n) is 5.47. The Balaban J connectivity index is 0.000000752. The molecule has 42 heavy (non-hydrogen) atoms. The second-order valence-corrected chi connectivity index (χ2v) is 11.5. The number of hydrogen-bond acceptors (Lipinski definition) is 7. The highest BCUT2D eigenvalue weighted by Gasteiger charge is 2.26. The van der Waals surface area contributed by atoms with Crippen LogP contribution in [0.1, 0.15) is 34.8 Å². The monoisotopic (exact) mass is 600 g/mol. The van der Waals surface area contributed by atoms with Crippen LogP contribution in [-0.4, -0.2) is 43.4 Å². The predicted octanol–water partition coefficient (Wildman–Crippen LogP) is 6.76. The van der Waals surface area contributed by atoms with Crippen LogP contribution in [0.15, 0.2) is 51.5 Å². The zero-order valence-corrected chi connectivity index (χ0v) is 26.2. The van der Waals surface area contributed by atoms with Crippen molar-refractivity contribution in [2.75, 3.05) is 26.6 Å². The quantitative estimate of drug-likeness (QED) is 0.101. The van der Waals surface area contributed by atoms with Gasteiger partial charge in [-0.05, 0) is 122 Å². The molecule has 0 aromatic heterocycles. The Morgan fingerprint density at radius 2 is 1.52 bits per heavy atom. The lowest BCUT2D eigenvalue weighted by atomic mass is 9.95. The van der Waals surface area contributed by atoms with Gasteiger partial charge in [-0.3, -0.25) is 9.36 Å². The molecule has 0 bridgehead atoms. The van der Waals surface area contributed by atoms with Crippen molar-refractivity contribution >= 4 is 36.5 Å². The van der Waals surface area contributed by atoms with Crippen molar-refractivity contribution in [1.82, 2.24) is 0 Å². The fourth-order valence-corrected chi connectivity index (χ4v) is 4.91. The summed E-state index contributed by atoms with van der Waals surface area (Å²) in [5, 5.41) is 8.72. The Morgan fingerprint density at radius 3 is 1.98 bits per heavy atom. The molecule has 0 radical (unpaired) electrons. The number of ketones is 1. The number of aryl methyl sites for hydroxylation is 2. The van der Waals surface area contributed by atoms with Gasteiger partial charge in [-0.15, -0.1) is 24.6 Å². The Morgan fingerprint density at radius 1 is 1.00 bits per heavy atom. The van der Waals surface area contributed by atoms with Crippen molar-refractivity contribution < 1.29 is 23.5 Å². The number of hydrogen-bond donors (Lipinski definition) is 1. The summed E-state index contributed by atoms with van der Waals surface area (Å²) >= 11 is 1.69. The molecule has 0 spiro atoms. The average molecular weight is 601 g/mol.